The molecule has 1 aliphatic heterocycles. The minimum atomic E-state index is 0.842. The van der Waals surface area contributed by atoms with Gasteiger partial charge in [0, 0.05) is 12.1 Å². The van der Waals surface area contributed by atoms with Crippen LogP contribution in [-0.2, 0) is 6.42 Å². The molecule has 23 heavy (non-hydrogen) atoms. The number of nitrogens with one attached hydrogen (secondary N) is 1. The van der Waals surface area contributed by atoms with Gasteiger partial charge in [0.1, 0.15) is 11.5 Å². The van der Waals surface area contributed by atoms with E-state index in [1.807, 2.05) is 12.1 Å². The lowest BCUT2D eigenvalue weighted by Crippen LogP contribution is -2.08. The van der Waals surface area contributed by atoms with Gasteiger partial charge >= 0.3 is 0 Å². The fourth-order valence-electron chi connectivity index (χ4n) is 3.25. The maximum atomic E-state index is 5.63. The van der Waals surface area contributed by atoms with Crippen molar-refractivity contribution in [2.75, 3.05) is 11.9 Å². The molecule has 1 aromatic carbocycles. The Balaban J connectivity index is 1.95. The minimum Gasteiger partial charge on any atom is -0.463 e. The van der Waals surface area contributed by atoms with Gasteiger partial charge in [0.05, 0.1) is 12.0 Å². The van der Waals surface area contributed by atoms with Crippen molar-refractivity contribution in [2.24, 2.45) is 0 Å². The molecule has 118 valence electrons. The summed E-state index contributed by atoms with van der Waals surface area (Å²) in [6.07, 6.45) is 5.09. The fourth-order valence-corrected chi connectivity index (χ4v) is 3.25. The van der Waals surface area contributed by atoms with Crippen molar-refractivity contribution in [1.82, 2.24) is 9.78 Å². The second-order valence-electron chi connectivity index (χ2n) is 6.17. The molecule has 0 saturated heterocycles. The lowest BCUT2D eigenvalue weighted by atomic mass is 10.1. The van der Waals surface area contributed by atoms with E-state index in [0.29, 0.717) is 0 Å². The summed E-state index contributed by atoms with van der Waals surface area (Å²) in [5.74, 6) is 1.96. The maximum absolute atomic E-state index is 5.63. The zero-order valence-electron chi connectivity index (χ0n) is 13.6. The smallest absolute Gasteiger partial charge is 0.154 e. The van der Waals surface area contributed by atoms with Crippen molar-refractivity contribution < 1.29 is 4.42 Å². The van der Waals surface area contributed by atoms with Gasteiger partial charge < -0.3 is 9.73 Å². The minimum absolute atomic E-state index is 0.842. The van der Waals surface area contributed by atoms with Crippen molar-refractivity contribution in [3.63, 3.8) is 0 Å². The van der Waals surface area contributed by atoms with Crippen molar-refractivity contribution in [3.8, 4) is 17.1 Å². The number of aryl methyl sites for hydroxylation is 1. The van der Waals surface area contributed by atoms with Crippen molar-refractivity contribution in [1.29, 1.82) is 0 Å². The Bertz CT molecular complexity index is 831. The number of rotatable bonds is 2. The van der Waals surface area contributed by atoms with Gasteiger partial charge in [0.2, 0.25) is 0 Å². The summed E-state index contributed by atoms with van der Waals surface area (Å²) in [6.45, 7) is 5.28. The van der Waals surface area contributed by atoms with E-state index >= 15 is 0 Å². The quantitative estimate of drug-likeness (QED) is 0.758. The lowest BCUT2D eigenvalue weighted by molar-refractivity contribution is 0.578. The third-order valence-electron chi connectivity index (χ3n) is 4.69. The highest BCUT2D eigenvalue weighted by Crippen LogP contribution is 2.35. The number of hydrogen-bond donors (Lipinski definition) is 1. The van der Waals surface area contributed by atoms with E-state index < -0.39 is 0 Å². The molecule has 0 aliphatic carbocycles. The SMILES string of the molecule is Cc1cccc(-n2nc(-c3ccco3)c3c2NCCCC3)c1C. The van der Waals surface area contributed by atoms with E-state index in [0.717, 1.165) is 35.9 Å². The van der Waals surface area contributed by atoms with Crippen LogP contribution in [0.25, 0.3) is 17.1 Å². The van der Waals surface area contributed by atoms with Crippen LogP contribution in [0.15, 0.2) is 41.0 Å². The Hall–Kier alpha value is -2.49. The van der Waals surface area contributed by atoms with Gasteiger partial charge in [0.25, 0.3) is 0 Å². The van der Waals surface area contributed by atoms with Gasteiger partial charge in [-0.05, 0) is 62.4 Å². The Morgan fingerprint density at radius 3 is 2.87 bits per heavy atom. The molecule has 4 rings (SSSR count). The van der Waals surface area contributed by atoms with Gasteiger partial charge in [0.15, 0.2) is 5.76 Å². The molecule has 0 bridgehead atoms. The van der Waals surface area contributed by atoms with Crippen LogP contribution in [0.3, 0.4) is 0 Å². The first-order chi connectivity index (χ1) is 11.3. The molecule has 3 heterocycles. The van der Waals surface area contributed by atoms with Crippen LogP contribution in [0.1, 0.15) is 29.5 Å². The number of aromatic nitrogens is 2. The molecule has 0 radical (unpaired) electrons. The van der Waals surface area contributed by atoms with E-state index in [4.69, 9.17) is 9.52 Å². The van der Waals surface area contributed by atoms with Crippen LogP contribution in [0.4, 0.5) is 5.82 Å². The number of nitrogens with zero attached hydrogens (tertiary/aromatic N) is 2. The molecule has 0 saturated carbocycles. The Morgan fingerprint density at radius 1 is 1.13 bits per heavy atom. The highest BCUT2D eigenvalue weighted by molar-refractivity contribution is 5.68. The molecular formula is C19H21N3O. The third kappa shape index (κ3) is 2.34. The Labute approximate surface area is 136 Å². The van der Waals surface area contributed by atoms with E-state index in [-0.39, 0.29) is 0 Å². The first kappa shape index (κ1) is 14.1. The zero-order chi connectivity index (χ0) is 15.8. The normalized spacial score (nSPS) is 14.2. The molecule has 0 atom stereocenters. The summed E-state index contributed by atoms with van der Waals surface area (Å²) < 4.78 is 7.68. The molecule has 4 heteroatoms. The van der Waals surface area contributed by atoms with Crippen molar-refractivity contribution in [3.05, 3.63) is 53.3 Å². The molecule has 3 aromatic rings. The lowest BCUT2D eigenvalue weighted by Gasteiger charge is -2.13. The second-order valence-corrected chi connectivity index (χ2v) is 6.17. The summed E-state index contributed by atoms with van der Waals surface area (Å²) in [5.41, 5.74) is 5.89. The molecule has 1 aliphatic rings. The van der Waals surface area contributed by atoms with E-state index in [2.05, 4.69) is 42.0 Å². The molecule has 0 fully saturated rings. The van der Waals surface area contributed by atoms with Crippen LogP contribution in [0, 0.1) is 13.8 Å². The highest BCUT2D eigenvalue weighted by Gasteiger charge is 2.23. The standard InChI is InChI=1S/C19H21N3O/c1-13-7-5-9-16(14(13)2)22-19-15(8-3-4-11-20-19)18(21-22)17-10-6-12-23-17/h5-7,9-10,12,20H,3-4,8,11H2,1-2H3. The second kappa shape index (κ2) is 5.61. The molecule has 2 aromatic heterocycles. The summed E-state index contributed by atoms with van der Waals surface area (Å²) in [6, 6.07) is 10.3. The van der Waals surface area contributed by atoms with Crippen LogP contribution in [-0.4, -0.2) is 16.3 Å². The molecular weight excluding hydrogens is 286 g/mol. The van der Waals surface area contributed by atoms with Gasteiger partial charge in [-0.25, -0.2) is 4.68 Å². The monoisotopic (exact) mass is 307 g/mol. The molecule has 0 amide bonds. The summed E-state index contributed by atoms with van der Waals surface area (Å²) >= 11 is 0. The van der Waals surface area contributed by atoms with Crippen LogP contribution >= 0.6 is 0 Å². The van der Waals surface area contributed by atoms with Crippen LogP contribution in [0.2, 0.25) is 0 Å². The van der Waals surface area contributed by atoms with Gasteiger partial charge in [-0.1, -0.05) is 12.1 Å². The topological polar surface area (TPSA) is 43.0 Å². The predicted molar refractivity (Wildman–Crippen MR) is 92.2 cm³/mol. The third-order valence-corrected chi connectivity index (χ3v) is 4.69. The fraction of sp³-hybridized carbons (Fsp3) is 0.316. The first-order valence-corrected chi connectivity index (χ1v) is 8.22. The van der Waals surface area contributed by atoms with E-state index in [1.54, 1.807) is 6.26 Å². The molecule has 1 N–H and O–H groups in total. The van der Waals surface area contributed by atoms with Crippen molar-refractivity contribution >= 4 is 5.82 Å². The van der Waals surface area contributed by atoms with Gasteiger partial charge in [-0.2, -0.15) is 5.10 Å². The van der Waals surface area contributed by atoms with Crippen LogP contribution in [0.5, 0.6) is 0 Å². The van der Waals surface area contributed by atoms with Crippen LogP contribution < -0.4 is 5.32 Å². The number of fused-ring (bicyclic) bond motifs is 1. The predicted octanol–water partition coefficient (Wildman–Crippen LogP) is 4.50. The highest BCUT2D eigenvalue weighted by atomic mass is 16.3. The van der Waals surface area contributed by atoms with Crippen molar-refractivity contribution in [2.45, 2.75) is 33.1 Å². The largest absolute Gasteiger partial charge is 0.463 e. The molecule has 0 spiro atoms. The van der Waals surface area contributed by atoms with Gasteiger partial charge in [-0.3, -0.25) is 0 Å². The Morgan fingerprint density at radius 2 is 2.04 bits per heavy atom. The number of anilines is 1. The number of hydrogen-bond acceptors (Lipinski definition) is 3. The number of furan rings is 1. The summed E-state index contributed by atoms with van der Waals surface area (Å²) in [7, 11) is 0. The number of benzene rings is 1. The first-order valence-electron chi connectivity index (χ1n) is 8.22. The Kier molecular flexibility index (Phi) is 3.45. The average Bonchev–Trinajstić information content (AvgIpc) is 3.12. The maximum Gasteiger partial charge on any atom is 0.154 e. The average molecular weight is 307 g/mol. The molecule has 0 unspecified atom stereocenters. The van der Waals surface area contributed by atoms with Gasteiger partial charge in [-0.15, -0.1) is 0 Å². The summed E-state index contributed by atoms with van der Waals surface area (Å²) in [5, 5.41) is 8.49. The van der Waals surface area contributed by atoms with E-state index in [1.165, 1.54) is 29.5 Å². The van der Waals surface area contributed by atoms with E-state index in [9.17, 15) is 0 Å². The molecule has 4 nitrogen and oxygen atoms in total. The summed E-state index contributed by atoms with van der Waals surface area (Å²) in [4.78, 5) is 0. The zero-order valence-corrected chi connectivity index (χ0v) is 13.6.